The van der Waals surface area contributed by atoms with E-state index in [2.05, 4.69) is 10.3 Å². The molecule has 1 aromatic heterocycles. The van der Waals surface area contributed by atoms with E-state index in [0.717, 1.165) is 48.2 Å². The molecular formula is C25H23N3O3. The van der Waals surface area contributed by atoms with E-state index in [-0.39, 0.29) is 11.8 Å². The molecule has 1 N–H and O–H groups in total. The summed E-state index contributed by atoms with van der Waals surface area (Å²) in [4.78, 5) is 31.4. The Kier molecular flexibility index (Phi) is 5.12. The van der Waals surface area contributed by atoms with Crippen LogP contribution in [0.4, 0.5) is 0 Å². The summed E-state index contributed by atoms with van der Waals surface area (Å²) >= 11 is 0. The van der Waals surface area contributed by atoms with Crippen molar-refractivity contribution < 1.29 is 14.3 Å². The second-order valence-corrected chi connectivity index (χ2v) is 7.91. The molecule has 5 rings (SSSR count). The van der Waals surface area contributed by atoms with Gasteiger partial charge in [-0.05, 0) is 60.4 Å². The number of nitrogens with zero attached hydrogens (tertiary/aromatic N) is 2. The van der Waals surface area contributed by atoms with Crippen molar-refractivity contribution in [3.8, 4) is 16.9 Å². The van der Waals surface area contributed by atoms with Gasteiger partial charge in [0.2, 0.25) is 0 Å². The van der Waals surface area contributed by atoms with Crippen LogP contribution in [-0.4, -0.2) is 34.8 Å². The van der Waals surface area contributed by atoms with Crippen LogP contribution in [0.5, 0.6) is 5.75 Å². The average molecular weight is 413 g/mol. The average Bonchev–Trinajstić information content (AvgIpc) is 3.37. The van der Waals surface area contributed by atoms with E-state index in [1.54, 1.807) is 18.3 Å². The number of amides is 2. The van der Waals surface area contributed by atoms with Crippen molar-refractivity contribution in [2.75, 3.05) is 13.1 Å². The normalized spacial score (nSPS) is 14.4. The molecule has 156 valence electrons. The molecule has 2 amide bonds. The molecule has 0 atom stereocenters. The summed E-state index contributed by atoms with van der Waals surface area (Å²) in [6.07, 6.45) is 5.70. The van der Waals surface area contributed by atoms with Crippen molar-refractivity contribution in [2.45, 2.75) is 26.0 Å². The predicted molar refractivity (Wildman–Crippen MR) is 117 cm³/mol. The highest BCUT2D eigenvalue weighted by atomic mass is 16.5. The van der Waals surface area contributed by atoms with E-state index in [1.807, 2.05) is 47.5 Å². The van der Waals surface area contributed by atoms with E-state index in [1.165, 1.54) is 0 Å². The van der Waals surface area contributed by atoms with Crippen molar-refractivity contribution >= 4 is 11.8 Å². The van der Waals surface area contributed by atoms with E-state index in [9.17, 15) is 9.59 Å². The van der Waals surface area contributed by atoms with Crippen molar-refractivity contribution in [2.24, 2.45) is 0 Å². The molecule has 3 aromatic rings. The lowest BCUT2D eigenvalue weighted by atomic mass is 9.97. The van der Waals surface area contributed by atoms with Gasteiger partial charge in [-0.2, -0.15) is 0 Å². The summed E-state index contributed by atoms with van der Waals surface area (Å²) in [7, 11) is 0. The third kappa shape index (κ3) is 3.89. The highest BCUT2D eigenvalue weighted by Gasteiger charge is 2.20. The Morgan fingerprint density at radius 3 is 2.74 bits per heavy atom. The van der Waals surface area contributed by atoms with Gasteiger partial charge in [-0.25, -0.2) is 0 Å². The monoisotopic (exact) mass is 413 g/mol. The molecule has 6 heteroatoms. The third-order valence-electron chi connectivity index (χ3n) is 5.84. The molecule has 0 unspecified atom stereocenters. The van der Waals surface area contributed by atoms with Gasteiger partial charge in [-0.15, -0.1) is 0 Å². The van der Waals surface area contributed by atoms with Gasteiger partial charge in [0.25, 0.3) is 11.8 Å². The fraction of sp³-hybridized carbons (Fsp3) is 0.240. The topological polar surface area (TPSA) is 71.5 Å². The van der Waals surface area contributed by atoms with E-state index in [4.69, 9.17) is 4.74 Å². The molecule has 2 aliphatic rings. The van der Waals surface area contributed by atoms with Crippen molar-refractivity contribution in [1.82, 2.24) is 15.2 Å². The second kappa shape index (κ2) is 8.22. The Labute approximate surface area is 180 Å². The highest BCUT2D eigenvalue weighted by molar-refractivity contribution is 5.96. The Balaban J connectivity index is 1.27. The van der Waals surface area contributed by atoms with Gasteiger partial charge in [0.05, 0.1) is 0 Å². The van der Waals surface area contributed by atoms with Crippen LogP contribution in [0.1, 0.15) is 44.7 Å². The number of nitrogens with one attached hydrogen (secondary N) is 1. The number of rotatable bonds is 4. The van der Waals surface area contributed by atoms with Gasteiger partial charge in [0.15, 0.2) is 0 Å². The Hall–Kier alpha value is -3.67. The van der Waals surface area contributed by atoms with Gasteiger partial charge < -0.3 is 15.0 Å². The fourth-order valence-electron chi connectivity index (χ4n) is 4.17. The van der Waals surface area contributed by atoms with Crippen LogP contribution in [0.25, 0.3) is 11.1 Å². The number of fused-ring (bicyclic) bond motifs is 3. The second-order valence-electron chi connectivity index (χ2n) is 7.91. The molecule has 0 saturated carbocycles. The van der Waals surface area contributed by atoms with Crippen molar-refractivity contribution in [1.29, 1.82) is 0 Å². The first-order chi connectivity index (χ1) is 15.2. The van der Waals surface area contributed by atoms with Crippen LogP contribution in [0.3, 0.4) is 0 Å². The molecule has 0 radical (unpaired) electrons. The molecule has 0 bridgehead atoms. The number of ether oxygens (including phenoxy) is 1. The Morgan fingerprint density at radius 2 is 1.87 bits per heavy atom. The van der Waals surface area contributed by atoms with E-state index >= 15 is 0 Å². The number of carbonyl (C=O) groups is 2. The van der Waals surface area contributed by atoms with Crippen LogP contribution in [0, 0.1) is 0 Å². The molecule has 31 heavy (non-hydrogen) atoms. The summed E-state index contributed by atoms with van der Waals surface area (Å²) in [5.41, 5.74) is 5.20. The quantitative estimate of drug-likeness (QED) is 0.706. The fourth-order valence-corrected chi connectivity index (χ4v) is 4.17. The lowest BCUT2D eigenvalue weighted by Crippen LogP contribution is -2.28. The smallest absolute Gasteiger partial charge is 0.253 e. The zero-order valence-electron chi connectivity index (χ0n) is 17.1. The largest absolute Gasteiger partial charge is 0.488 e. The lowest BCUT2D eigenvalue weighted by Gasteiger charge is -2.20. The zero-order valence-corrected chi connectivity index (χ0v) is 17.1. The maximum Gasteiger partial charge on any atom is 0.253 e. The van der Waals surface area contributed by atoms with Gasteiger partial charge in [0, 0.05) is 54.3 Å². The minimum absolute atomic E-state index is 0.0630. The summed E-state index contributed by atoms with van der Waals surface area (Å²) < 4.78 is 5.83. The number of carbonyl (C=O) groups excluding carboxylic acids is 2. The molecule has 6 nitrogen and oxygen atoms in total. The molecule has 3 heterocycles. The zero-order chi connectivity index (χ0) is 21.2. The minimum atomic E-state index is -0.178. The van der Waals surface area contributed by atoms with Gasteiger partial charge >= 0.3 is 0 Å². The lowest BCUT2D eigenvalue weighted by molar-refractivity contribution is 0.0792. The molecule has 1 fully saturated rings. The number of benzene rings is 2. The maximum atomic E-state index is 12.7. The molecule has 0 spiro atoms. The molecule has 2 aromatic carbocycles. The predicted octanol–water partition coefficient (Wildman–Crippen LogP) is 3.81. The number of likely N-dealkylation sites (tertiary alicyclic amines) is 1. The minimum Gasteiger partial charge on any atom is -0.488 e. The van der Waals surface area contributed by atoms with E-state index < -0.39 is 0 Å². The summed E-state index contributed by atoms with van der Waals surface area (Å²) in [6, 6.07) is 14.9. The number of pyridine rings is 1. The van der Waals surface area contributed by atoms with Gasteiger partial charge in [0.1, 0.15) is 12.4 Å². The van der Waals surface area contributed by atoms with Crippen LogP contribution in [0.2, 0.25) is 0 Å². The highest BCUT2D eigenvalue weighted by Crippen LogP contribution is 2.37. The van der Waals surface area contributed by atoms with E-state index in [0.29, 0.717) is 30.0 Å². The van der Waals surface area contributed by atoms with Crippen LogP contribution in [0.15, 0.2) is 60.9 Å². The van der Waals surface area contributed by atoms with Crippen LogP contribution in [-0.2, 0) is 13.2 Å². The molecular weight excluding hydrogens is 390 g/mol. The first-order valence-corrected chi connectivity index (χ1v) is 10.6. The molecule has 2 aliphatic heterocycles. The Morgan fingerprint density at radius 1 is 1.00 bits per heavy atom. The summed E-state index contributed by atoms with van der Waals surface area (Å²) in [5, 5.41) is 2.95. The van der Waals surface area contributed by atoms with Gasteiger partial charge in [-0.1, -0.05) is 12.1 Å². The van der Waals surface area contributed by atoms with Crippen LogP contribution >= 0.6 is 0 Å². The Bertz CT molecular complexity index is 1150. The standard InChI is InChI=1S/C25H23N3O3/c29-24(18-6-7-22-21-8-9-26-15-20(21)16-31-23(22)13-18)27-14-17-4-3-5-19(12-17)25(30)28-10-1-2-11-28/h3-9,12-13,15H,1-2,10-11,14,16H2,(H,27,29). The van der Waals surface area contributed by atoms with Crippen molar-refractivity contribution in [3.63, 3.8) is 0 Å². The number of hydrogen-bond donors (Lipinski definition) is 1. The summed E-state index contributed by atoms with van der Waals surface area (Å²) in [6.45, 7) is 2.44. The third-order valence-corrected chi connectivity index (χ3v) is 5.84. The number of hydrogen-bond acceptors (Lipinski definition) is 4. The van der Waals surface area contributed by atoms with Crippen LogP contribution < -0.4 is 10.1 Å². The molecule has 0 aliphatic carbocycles. The van der Waals surface area contributed by atoms with Gasteiger partial charge in [-0.3, -0.25) is 14.6 Å². The maximum absolute atomic E-state index is 12.7. The summed E-state index contributed by atoms with van der Waals surface area (Å²) in [5.74, 6) is 0.584. The molecule has 1 saturated heterocycles. The number of aromatic nitrogens is 1. The van der Waals surface area contributed by atoms with Crippen molar-refractivity contribution in [3.05, 3.63) is 83.2 Å². The first kappa shape index (κ1) is 19.3. The first-order valence-electron chi connectivity index (χ1n) is 10.6. The SMILES string of the molecule is O=C(NCc1cccc(C(=O)N2CCCC2)c1)c1ccc2c(c1)OCc1cnccc1-2.